The van der Waals surface area contributed by atoms with Crippen molar-refractivity contribution in [3.8, 4) is 0 Å². The minimum absolute atomic E-state index is 0.454. The van der Waals surface area contributed by atoms with Crippen molar-refractivity contribution in [3.05, 3.63) is 61.0 Å². The Bertz CT molecular complexity index is 606. The molecule has 0 radical (unpaired) electrons. The fourth-order valence-corrected chi connectivity index (χ4v) is 10.0. The van der Waals surface area contributed by atoms with Crippen LogP contribution in [0, 0.1) is 29.6 Å². The SMILES string of the molecule is CC(C)[C@H]1NC=CN1[Si](C)(C)C1C2C=CC=CC2C2C=CC=CC21. The molecular formula is C21H30N2Si. The molecule has 128 valence electrons. The molecular weight excluding hydrogens is 308 g/mol. The van der Waals surface area contributed by atoms with E-state index in [9.17, 15) is 0 Å². The molecule has 1 saturated carbocycles. The third-order valence-electron chi connectivity index (χ3n) is 6.63. The smallest absolute Gasteiger partial charge is 0.156 e. The zero-order valence-electron chi connectivity index (χ0n) is 15.3. The van der Waals surface area contributed by atoms with Crippen LogP contribution in [0.2, 0.25) is 18.6 Å². The Kier molecular flexibility index (Phi) is 3.87. The molecule has 0 saturated heterocycles. The van der Waals surface area contributed by atoms with E-state index in [0.717, 1.165) is 5.54 Å². The predicted octanol–water partition coefficient (Wildman–Crippen LogP) is 4.65. The zero-order chi connectivity index (χ0) is 16.9. The normalized spacial score (nSPS) is 39.5. The highest BCUT2D eigenvalue weighted by atomic mass is 28.3. The van der Waals surface area contributed by atoms with Gasteiger partial charge in [0.1, 0.15) is 0 Å². The quantitative estimate of drug-likeness (QED) is 0.754. The summed E-state index contributed by atoms with van der Waals surface area (Å²) in [5.74, 6) is 3.33. The first-order valence-electron chi connectivity index (χ1n) is 9.43. The van der Waals surface area contributed by atoms with E-state index in [-0.39, 0.29) is 0 Å². The molecule has 1 fully saturated rings. The zero-order valence-corrected chi connectivity index (χ0v) is 16.3. The molecule has 0 aromatic rings. The van der Waals surface area contributed by atoms with Crippen LogP contribution in [0.1, 0.15) is 13.8 Å². The molecule has 4 rings (SSSR count). The average Bonchev–Trinajstić information content (AvgIpc) is 3.18. The molecule has 0 aromatic carbocycles. The Hall–Kier alpha value is -1.48. The van der Waals surface area contributed by atoms with Gasteiger partial charge in [0.05, 0.1) is 6.17 Å². The summed E-state index contributed by atoms with van der Waals surface area (Å²) in [5, 5.41) is 3.60. The summed E-state index contributed by atoms with van der Waals surface area (Å²) in [6, 6.07) is 0. The van der Waals surface area contributed by atoms with Crippen molar-refractivity contribution in [2.75, 3.05) is 0 Å². The lowest BCUT2D eigenvalue weighted by Gasteiger charge is -2.47. The second-order valence-electron chi connectivity index (χ2n) is 8.61. The molecule has 1 N–H and O–H groups in total. The van der Waals surface area contributed by atoms with Gasteiger partial charge in [0, 0.05) is 12.4 Å². The van der Waals surface area contributed by atoms with E-state index in [1.165, 1.54) is 0 Å². The first-order chi connectivity index (χ1) is 11.5. The van der Waals surface area contributed by atoms with Crippen LogP contribution in [0.5, 0.6) is 0 Å². The summed E-state index contributed by atoms with van der Waals surface area (Å²) in [6.07, 6.45) is 24.0. The second-order valence-corrected chi connectivity index (χ2v) is 13.1. The summed E-state index contributed by atoms with van der Waals surface area (Å²) in [4.78, 5) is 0. The highest BCUT2D eigenvalue weighted by molar-refractivity contribution is 6.76. The van der Waals surface area contributed by atoms with Gasteiger partial charge in [-0.2, -0.15) is 0 Å². The largest absolute Gasteiger partial charge is 0.383 e. The summed E-state index contributed by atoms with van der Waals surface area (Å²) in [6.45, 7) is 9.83. The van der Waals surface area contributed by atoms with Crippen LogP contribution in [0.15, 0.2) is 61.0 Å². The number of rotatable bonds is 3. The lowest BCUT2D eigenvalue weighted by molar-refractivity contribution is 0.299. The molecule has 0 amide bonds. The Labute approximate surface area is 147 Å². The van der Waals surface area contributed by atoms with Gasteiger partial charge in [0.25, 0.3) is 0 Å². The number of allylic oxidation sites excluding steroid dienone is 8. The van der Waals surface area contributed by atoms with E-state index < -0.39 is 8.24 Å². The fourth-order valence-electron chi connectivity index (χ4n) is 5.60. The van der Waals surface area contributed by atoms with Gasteiger partial charge in [-0.05, 0) is 35.1 Å². The lowest BCUT2D eigenvalue weighted by atomic mass is 9.83. The van der Waals surface area contributed by atoms with Crippen LogP contribution in [0.25, 0.3) is 0 Å². The molecule has 5 atom stereocenters. The first kappa shape index (κ1) is 16.0. The number of nitrogens with one attached hydrogen (secondary N) is 1. The molecule has 3 aliphatic carbocycles. The van der Waals surface area contributed by atoms with Crippen LogP contribution in [0.3, 0.4) is 0 Å². The highest BCUT2D eigenvalue weighted by Gasteiger charge is 2.56. The maximum Gasteiger partial charge on any atom is 0.156 e. The van der Waals surface area contributed by atoms with Crippen molar-refractivity contribution < 1.29 is 0 Å². The predicted molar refractivity (Wildman–Crippen MR) is 104 cm³/mol. The lowest BCUT2D eigenvalue weighted by Crippen LogP contribution is -2.58. The molecule has 3 heteroatoms. The summed E-state index contributed by atoms with van der Waals surface area (Å²) in [7, 11) is -1.67. The minimum atomic E-state index is -1.67. The van der Waals surface area contributed by atoms with Gasteiger partial charge in [-0.3, -0.25) is 0 Å². The third kappa shape index (κ3) is 2.28. The van der Waals surface area contributed by atoms with Gasteiger partial charge in [-0.1, -0.05) is 75.5 Å². The van der Waals surface area contributed by atoms with Crippen LogP contribution in [0.4, 0.5) is 0 Å². The Balaban J connectivity index is 1.72. The standard InChI is InChI=1S/C21H30N2Si/c1-15(2)21-22-13-14-23(21)24(3,4)20-18-11-7-5-9-16(18)17-10-6-8-12-19(17)20/h5-22H,1-4H3/t16?,17?,18?,19?,20?,21-/m0/s1. The number of hydrogen-bond acceptors (Lipinski definition) is 2. The summed E-state index contributed by atoms with van der Waals surface area (Å²) < 4.78 is 2.72. The van der Waals surface area contributed by atoms with E-state index in [0.29, 0.717) is 35.8 Å². The topological polar surface area (TPSA) is 15.3 Å². The van der Waals surface area contributed by atoms with Crippen molar-refractivity contribution in [1.82, 2.24) is 9.88 Å². The van der Waals surface area contributed by atoms with Crippen LogP contribution in [-0.4, -0.2) is 19.0 Å². The van der Waals surface area contributed by atoms with Crippen LogP contribution >= 0.6 is 0 Å². The van der Waals surface area contributed by atoms with Crippen LogP contribution < -0.4 is 5.32 Å². The number of hydrogen-bond donors (Lipinski definition) is 1. The Morgan fingerprint density at radius 1 is 0.833 bits per heavy atom. The third-order valence-corrected chi connectivity index (χ3v) is 10.8. The first-order valence-corrected chi connectivity index (χ1v) is 12.5. The van der Waals surface area contributed by atoms with Gasteiger partial charge in [0.15, 0.2) is 8.24 Å². The number of nitrogens with zero attached hydrogens (tertiary/aromatic N) is 1. The maximum absolute atomic E-state index is 3.60. The molecule has 0 bridgehead atoms. The van der Waals surface area contributed by atoms with Gasteiger partial charge < -0.3 is 9.88 Å². The average molecular weight is 339 g/mol. The van der Waals surface area contributed by atoms with Gasteiger partial charge >= 0.3 is 0 Å². The summed E-state index contributed by atoms with van der Waals surface area (Å²) in [5.41, 5.74) is 0.751. The van der Waals surface area contributed by atoms with Crippen molar-refractivity contribution in [2.24, 2.45) is 29.6 Å². The minimum Gasteiger partial charge on any atom is -0.383 e. The van der Waals surface area contributed by atoms with E-state index in [4.69, 9.17) is 0 Å². The molecule has 0 spiro atoms. The Morgan fingerprint density at radius 2 is 1.33 bits per heavy atom. The highest BCUT2D eigenvalue weighted by Crippen LogP contribution is 2.58. The molecule has 2 nitrogen and oxygen atoms in total. The van der Waals surface area contributed by atoms with E-state index >= 15 is 0 Å². The molecule has 24 heavy (non-hydrogen) atoms. The maximum atomic E-state index is 3.60. The van der Waals surface area contributed by atoms with Crippen molar-refractivity contribution in [3.63, 3.8) is 0 Å². The summed E-state index contributed by atoms with van der Waals surface area (Å²) >= 11 is 0. The van der Waals surface area contributed by atoms with E-state index in [1.54, 1.807) is 0 Å². The van der Waals surface area contributed by atoms with Crippen molar-refractivity contribution >= 4 is 8.24 Å². The van der Waals surface area contributed by atoms with Crippen molar-refractivity contribution in [1.29, 1.82) is 0 Å². The molecule has 0 aromatic heterocycles. The molecule has 4 unspecified atom stereocenters. The fraction of sp³-hybridized carbons (Fsp3) is 0.524. The monoisotopic (exact) mass is 338 g/mol. The van der Waals surface area contributed by atoms with Crippen LogP contribution in [-0.2, 0) is 0 Å². The van der Waals surface area contributed by atoms with Gasteiger partial charge in [0.2, 0.25) is 0 Å². The number of fused-ring (bicyclic) bond motifs is 3. The van der Waals surface area contributed by atoms with Gasteiger partial charge in [-0.15, -0.1) is 0 Å². The van der Waals surface area contributed by atoms with Gasteiger partial charge in [-0.25, -0.2) is 0 Å². The van der Waals surface area contributed by atoms with Crippen molar-refractivity contribution in [2.45, 2.75) is 38.6 Å². The molecule has 1 aliphatic heterocycles. The van der Waals surface area contributed by atoms with E-state index in [2.05, 4.69) is 97.8 Å². The molecule has 1 heterocycles. The van der Waals surface area contributed by atoms with E-state index in [1.807, 2.05) is 0 Å². The second kappa shape index (κ2) is 5.80. The molecule has 4 aliphatic rings. The Morgan fingerprint density at radius 3 is 1.83 bits per heavy atom.